The summed E-state index contributed by atoms with van der Waals surface area (Å²) >= 11 is 0. The monoisotopic (exact) mass is 642 g/mol. The number of pyridine rings is 1. The van der Waals surface area contributed by atoms with Crippen molar-refractivity contribution in [3.63, 3.8) is 0 Å². The quantitative estimate of drug-likeness (QED) is 0.163. The lowest BCUT2D eigenvalue weighted by Crippen LogP contribution is -2.43. The van der Waals surface area contributed by atoms with Gasteiger partial charge < -0.3 is 19.5 Å². The maximum atomic E-state index is 13.3. The maximum Gasteiger partial charge on any atom is 0.573 e. The number of methoxy groups -OCH3 is 1. The third-order valence-electron chi connectivity index (χ3n) is 7.49. The number of nitrogens with zero attached hydrogens (tertiary/aromatic N) is 1. The first-order valence-electron chi connectivity index (χ1n) is 14.8. The van der Waals surface area contributed by atoms with Crippen LogP contribution in [0.2, 0.25) is 0 Å². The second-order valence-electron chi connectivity index (χ2n) is 12.0. The SMILES string of the molecule is COC(=O)[C@H](Cc1ccc(-c2ccc(OC(F)(F)F)cc2)cc1)NC(=O)c1cc2cc(Oc3ccc(C(C)(C)C)cc3)ccc2cn1. The van der Waals surface area contributed by atoms with E-state index in [9.17, 15) is 22.8 Å². The second-order valence-corrected chi connectivity index (χ2v) is 12.0. The van der Waals surface area contributed by atoms with Crippen molar-refractivity contribution in [2.24, 2.45) is 0 Å². The third kappa shape index (κ3) is 8.66. The fourth-order valence-corrected chi connectivity index (χ4v) is 4.95. The Morgan fingerprint density at radius 2 is 1.36 bits per heavy atom. The zero-order valence-electron chi connectivity index (χ0n) is 26.2. The highest BCUT2D eigenvalue weighted by atomic mass is 19.4. The zero-order valence-corrected chi connectivity index (χ0v) is 26.2. The molecule has 0 saturated heterocycles. The molecule has 1 heterocycles. The summed E-state index contributed by atoms with van der Waals surface area (Å²) in [6, 6.07) is 26.6. The molecule has 1 aromatic heterocycles. The highest BCUT2D eigenvalue weighted by Gasteiger charge is 2.31. The number of ether oxygens (including phenoxy) is 3. The number of carbonyl (C=O) groups is 2. The molecule has 0 saturated carbocycles. The average Bonchev–Trinajstić information content (AvgIpc) is 3.03. The van der Waals surface area contributed by atoms with Crippen LogP contribution in [0.25, 0.3) is 21.9 Å². The first-order chi connectivity index (χ1) is 22.3. The number of benzene rings is 4. The van der Waals surface area contributed by atoms with E-state index < -0.39 is 24.3 Å². The molecule has 1 atom stereocenters. The summed E-state index contributed by atoms with van der Waals surface area (Å²) in [5.41, 5.74) is 3.49. The summed E-state index contributed by atoms with van der Waals surface area (Å²) in [6.45, 7) is 6.44. The minimum atomic E-state index is -4.77. The predicted octanol–water partition coefficient (Wildman–Crippen LogP) is 8.40. The van der Waals surface area contributed by atoms with Gasteiger partial charge >= 0.3 is 12.3 Å². The number of alkyl halides is 3. The van der Waals surface area contributed by atoms with Crippen molar-refractivity contribution < 1.29 is 37.0 Å². The number of fused-ring (bicyclic) bond motifs is 1. The van der Waals surface area contributed by atoms with Gasteiger partial charge in [0.1, 0.15) is 29.0 Å². The number of rotatable bonds is 9. The lowest BCUT2D eigenvalue weighted by molar-refractivity contribution is -0.274. The maximum absolute atomic E-state index is 13.3. The van der Waals surface area contributed by atoms with Gasteiger partial charge in [-0.05, 0) is 81.6 Å². The summed E-state index contributed by atoms with van der Waals surface area (Å²) in [7, 11) is 1.24. The van der Waals surface area contributed by atoms with E-state index in [1.165, 1.54) is 36.9 Å². The van der Waals surface area contributed by atoms with Crippen molar-refractivity contribution in [3.05, 3.63) is 120 Å². The first-order valence-corrected chi connectivity index (χ1v) is 14.8. The van der Waals surface area contributed by atoms with Crippen molar-refractivity contribution in [2.75, 3.05) is 7.11 Å². The van der Waals surface area contributed by atoms with Gasteiger partial charge in [0.15, 0.2) is 0 Å². The topological polar surface area (TPSA) is 86.8 Å². The molecule has 1 amide bonds. The predicted molar refractivity (Wildman–Crippen MR) is 172 cm³/mol. The van der Waals surface area contributed by atoms with Crippen molar-refractivity contribution in [2.45, 2.75) is 45.0 Å². The molecule has 0 unspecified atom stereocenters. The van der Waals surface area contributed by atoms with E-state index in [0.717, 1.165) is 21.9 Å². The first kappa shape index (κ1) is 33.0. The van der Waals surface area contributed by atoms with Crippen LogP contribution in [-0.2, 0) is 21.4 Å². The Kier molecular flexibility index (Phi) is 9.51. The highest BCUT2D eigenvalue weighted by molar-refractivity contribution is 5.98. The molecule has 0 aliphatic rings. The van der Waals surface area contributed by atoms with E-state index in [0.29, 0.717) is 17.1 Å². The van der Waals surface area contributed by atoms with Gasteiger partial charge in [0.2, 0.25) is 0 Å². The minimum absolute atomic E-state index is 0.0276. The van der Waals surface area contributed by atoms with Gasteiger partial charge in [-0.3, -0.25) is 9.78 Å². The van der Waals surface area contributed by atoms with Crippen LogP contribution in [0, 0.1) is 0 Å². The molecule has 242 valence electrons. The Morgan fingerprint density at radius 1 is 0.766 bits per heavy atom. The lowest BCUT2D eigenvalue weighted by atomic mass is 9.87. The van der Waals surface area contributed by atoms with Crippen LogP contribution in [-0.4, -0.2) is 36.4 Å². The molecule has 4 aromatic carbocycles. The summed E-state index contributed by atoms with van der Waals surface area (Å²) in [5.74, 6) is -0.210. The molecule has 0 radical (unpaired) electrons. The Bertz CT molecular complexity index is 1870. The molecular formula is C37H33F3N2O5. The number of hydrogen-bond acceptors (Lipinski definition) is 6. The number of esters is 1. The number of halogens is 3. The van der Waals surface area contributed by atoms with E-state index in [1.807, 2.05) is 42.5 Å². The molecule has 0 fully saturated rings. The van der Waals surface area contributed by atoms with Crippen LogP contribution in [0.4, 0.5) is 13.2 Å². The van der Waals surface area contributed by atoms with Gasteiger partial charge in [-0.25, -0.2) is 4.79 Å². The minimum Gasteiger partial charge on any atom is -0.467 e. The van der Waals surface area contributed by atoms with Crippen LogP contribution in [0.15, 0.2) is 103 Å². The largest absolute Gasteiger partial charge is 0.573 e. The molecule has 10 heteroatoms. The number of hydrogen-bond donors (Lipinski definition) is 1. The van der Waals surface area contributed by atoms with Gasteiger partial charge in [-0.1, -0.05) is 69.3 Å². The van der Waals surface area contributed by atoms with Gasteiger partial charge in [0.25, 0.3) is 5.91 Å². The molecule has 0 aliphatic heterocycles. The standard InChI is InChI=1S/C37H33F3N2O5/c1-36(2,3)28-12-17-29(18-13-28)46-31-16-11-26-22-41-32(21-27(26)20-31)34(43)42-33(35(44)45-4)19-23-5-7-24(8-6-23)25-9-14-30(15-10-25)47-37(38,39)40/h5-18,20-22,33H,19H2,1-4H3,(H,42,43)/t33-/m0/s1. The van der Waals surface area contributed by atoms with E-state index in [-0.39, 0.29) is 23.3 Å². The zero-order chi connectivity index (χ0) is 33.8. The Labute approximate surface area is 270 Å². The van der Waals surface area contributed by atoms with E-state index >= 15 is 0 Å². The molecule has 0 aliphatic carbocycles. The lowest BCUT2D eigenvalue weighted by Gasteiger charge is -2.19. The Hall–Kier alpha value is -5.38. The van der Waals surface area contributed by atoms with Crippen molar-refractivity contribution in [1.29, 1.82) is 0 Å². The number of aromatic nitrogens is 1. The van der Waals surface area contributed by atoms with Crippen molar-refractivity contribution >= 4 is 22.6 Å². The van der Waals surface area contributed by atoms with E-state index in [1.54, 1.807) is 36.5 Å². The molecule has 5 rings (SSSR count). The van der Waals surface area contributed by atoms with Crippen molar-refractivity contribution in [3.8, 4) is 28.4 Å². The summed E-state index contributed by atoms with van der Waals surface area (Å²) in [5, 5.41) is 4.27. The van der Waals surface area contributed by atoms with Crippen molar-refractivity contribution in [1.82, 2.24) is 10.3 Å². The fraction of sp³-hybridized carbons (Fsp3) is 0.216. The fourth-order valence-electron chi connectivity index (χ4n) is 4.95. The van der Waals surface area contributed by atoms with Gasteiger partial charge in [-0.15, -0.1) is 13.2 Å². The highest BCUT2D eigenvalue weighted by Crippen LogP contribution is 2.30. The smallest absolute Gasteiger partial charge is 0.467 e. The number of nitrogens with one attached hydrogen (secondary N) is 1. The molecule has 47 heavy (non-hydrogen) atoms. The van der Waals surface area contributed by atoms with E-state index in [2.05, 4.69) is 35.8 Å². The molecule has 1 N–H and O–H groups in total. The third-order valence-corrected chi connectivity index (χ3v) is 7.49. The van der Waals surface area contributed by atoms with Gasteiger partial charge in [-0.2, -0.15) is 0 Å². The van der Waals surface area contributed by atoms with E-state index in [4.69, 9.17) is 9.47 Å². The van der Waals surface area contributed by atoms with Crippen LogP contribution >= 0.6 is 0 Å². The Balaban J connectivity index is 1.27. The molecule has 7 nitrogen and oxygen atoms in total. The van der Waals surface area contributed by atoms with Crippen LogP contribution < -0.4 is 14.8 Å². The molecule has 0 spiro atoms. The van der Waals surface area contributed by atoms with Gasteiger partial charge in [0.05, 0.1) is 7.11 Å². The number of carbonyl (C=O) groups excluding carboxylic acids is 2. The van der Waals surface area contributed by atoms with Crippen LogP contribution in [0.3, 0.4) is 0 Å². The van der Waals surface area contributed by atoms with Crippen LogP contribution in [0.1, 0.15) is 42.4 Å². The summed E-state index contributed by atoms with van der Waals surface area (Å²) in [4.78, 5) is 30.2. The molecule has 0 bridgehead atoms. The summed E-state index contributed by atoms with van der Waals surface area (Å²) < 4.78 is 52.3. The normalized spacial score (nSPS) is 12.3. The number of amides is 1. The molecule has 5 aromatic rings. The average molecular weight is 643 g/mol. The second kappa shape index (κ2) is 13.5. The van der Waals surface area contributed by atoms with Gasteiger partial charge in [0, 0.05) is 18.0 Å². The van der Waals surface area contributed by atoms with Crippen LogP contribution in [0.5, 0.6) is 17.2 Å². The molecular weight excluding hydrogens is 609 g/mol. The Morgan fingerprint density at radius 3 is 1.96 bits per heavy atom. The summed E-state index contributed by atoms with van der Waals surface area (Å²) in [6.07, 6.45) is -3.05.